The summed E-state index contributed by atoms with van der Waals surface area (Å²) >= 11 is 0. The van der Waals surface area contributed by atoms with Gasteiger partial charge in [-0.1, -0.05) is 0 Å². The first-order valence-electron chi connectivity index (χ1n) is 6.31. The minimum Gasteiger partial charge on any atom is -0.465 e. The van der Waals surface area contributed by atoms with Crippen LogP contribution < -0.4 is 5.32 Å². The van der Waals surface area contributed by atoms with E-state index in [4.69, 9.17) is 4.74 Å². The highest BCUT2D eigenvalue weighted by Gasteiger charge is 2.35. The molecule has 0 aromatic carbocycles. The van der Waals surface area contributed by atoms with Crippen molar-refractivity contribution in [3.8, 4) is 0 Å². The molecule has 100 valence electrons. The highest BCUT2D eigenvalue weighted by molar-refractivity contribution is 5.85. The van der Waals surface area contributed by atoms with Crippen LogP contribution in [-0.4, -0.2) is 49.2 Å². The van der Waals surface area contributed by atoms with Crippen LogP contribution in [0.5, 0.6) is 0 Å². The largest absolute Gasteiger partial charge is 0.465 e. The van der Waals surface area contributed by atoms with E-state index >= 15 is 0 Å². The number of nitrogens with zero attached hydrogens (tertiary/aromatic N) is 1. The van der Waals surface area contributed by atoms with Crippen molar-refractivity contribution in [2.45, 2.75) is 50.7 Å². The molecule has 0 aliphatic carbocycles. The summed E-state index contributed by atoms with van der Waals surface area (Å²) in [5.41, 5.74) is 0. The first kappa shape index (κ1) is 14.7. The molecule has 2 atom stereocenters. The Hall–Kier alpha value is -0.320. The molecule has 0 spiro atoms. The molecule has 17 heavy (non-hydrogen) atoms. The van der Waals surface area contributed by atoms with Crippen molar-refractivity contribution < 1.29 is 9.53 Å². The maximum atomic E-state index is 11.4. The highest BCUT2D eigenvalue weighted by Crippen LogP contribution is 2.29. The Labute approximate surface area is 109 Å². The standard InChI is InChI=1S/C12H22N2O2.ClH/c1-3-16-12(15)8-14(2)11-6-9-4-5-10(7-11)13-9;/h9-11,13H,3-8H2,1-2H3;1H. The molecule has 2 fully saturated rings. The summed E-state index contributed by atoms with van der Waals surface area (Å²) in [5, 5.41) is 3.61. The van der Waals surface area contributed by atoms with Crippen LogP contribution in [0.15, 0.2) is 0 Å². The minimum absolute atomic E-state index is 0. The average molecular weight is 263 g/mol. The summed E-state index contributed by atoms with van der Waals surface area (Å²) in [6.07, 6.45) is 4.95. The molecule has 0 aromatic rings. The van der Waals surface area contributed by atoms with Gasteiger partial charge in [-0.25, -0.2) is 0 Å². The van der Waals surface area contributed by atoms with Crippen LogP contribution in [0.25, 0.3) is 0 Å². The Bertz CT molecular complexity index is 251. The third-order valence-electron chi connectivity index (χ3n) is 3.76. The van der Waals surface area contributed by atoms with Gasteiger partial charge < -0.3 is 10.1 Å². The maximum absolute atomic E-state index is 11.4. The molecule has 2 rings (SSSR count). The molecule has 2 heterocycles. The number of carbonyl (C=O) groups excluding carboxylic acids is 1. The Morgan fingerprint density at radius 2 is 1.94 bits per heavy atom. The van der Waals surface area contributed by atoms with E-state index in [2.05, 4.69) is 10.2 Å². The fourth-order valence-corrected chi connectivity index (χ4v) is 2.93. The number of rotatable bonds is 4. The SMILES string of the molecule is CCOC(=O)CN(C)C1CC2CCC(C1)N2.Cl. The number of hydrogen-bond donors (Lipinski definition) is 1. The number of piperidine rings is 1. The van der Waals surface area contributed by atoms with E-state index in [9.17, 15) is 4.79 Å². The monoisotopic (exact) mass is 262 g/mol. The molecule has 0 aromatic heterocycles. The lowest BCUT2D eigenvalue weighted by atomic mass is 9.98. The number of fused-ring (bicyclic) bond motifs is 2. The summed E-state index contributed by atoms with van der Waals surface area (Å²) in [7, 11) is 2.03. The normalized spacial score (nSPS) is 31.1. The summed E-state index contributed by atoms with van der Waals surface area (Å²) < 4.78 is 4.98. The fourth-order valence-electron chi connectivity index (χ4n) is 2.93. The van der Waals surface area contributed by atoms with Crippen molar-refractivity contribution in [1.82, 2.24) is 10.2 Å². The number of ether oxygens (including phenoxy) is 1. The molecule has 2 unspecified atom stereocenters. The van der Waals surface area contributed by atoms with Gasteiger partial charge in [-0.15, -0.1) is 12.4 Å². The number of carbonyl (C=O) groups is 1. The Morgan fingerprint density at radius 3 is 2.47 bits per heavy atom. The molecule has 5 heteroatoms. The molecule has 0 saturated carbocycles. The van der Waals surface area contributed by atoms with Gasteiger partial charge in [-0.3, -0.25) is 9.69 Å². The van der Waals surface area contributed by atoms with Gasteiger partial charge in [0.05, 0.1) is 13.2 Å². The third kappa shape index (κ3) is 3.83. The number of likely N-dealkylation sites (N-methyl/N-ethyl adjacent to an activating group) is 1. The molecule has 2 bridgehead atoms. The van der Waals surface area contributed by atoms with Gasteiger partial charge in [-0.05, 0) is 39.7 Å². The lowest BCUT2D eigenvalue weighted by Gasteiger charge is -2.35. The predicted octanol–water partition coefficient (Wildman–Crippen LogP) is 1.19. The van der Waals surface area contributed by atoms with Crippen LogP contribution in [0.4, 0.5) is 0 Å². The van der Waals surface area contributed by atoms with Crippen molar-refractivity contribution in [2.75, 3.05) is 20.2 Å². The molecule has 2 saturated heterocycles. The second kappa shape index (κ2) is 6.57. The van der Waals surface area contributed by atoms with Gasteiger partial charge in [0, 0.05) is 18.1 Å². The van der Waals surface area contributed by atoms with Gasteiger partial charge in [0.25, 0.3) is 0 Å². The maximum Gasteiger partial charge on any atom is 0.320 e. The molecule has 2 aliphatic rings. The first-order chi connectivity index (χ1) is 7.69. The summed E-state index contributed by atoms with van der Waals surface area (Å²) in [4.78, 5) is 13.6. The zero-order chi connectivity index (χ0) is 11.5. The Morgan fingerprint density at radius 1 is 1.35 bits per heavy atom. The number of esters is 1. The van der Waals surface area contributed by atoms with Crippen molar-refractivity contribution in [2.24, 2.45) is 0 Å². The second-order valence-corrected chi connectivity index (χ2v) is 4.98. The van der Waals surface area contributed by atoms with E-state index in [-0.39, 0.29) is 18.4 Å². The zero-order valence-corrected chi connectivity index (χ0v) is 11.5. The van der Waals surface area contributed by atoms with Crippen LogP contribution in [-0.2, 0) is 9.53 Å². The molecule has 4 nitrogen and oxygen atoms in total. The van der Waals surface area contributed by atoms with Gasteiger partial charge in [0.15, 0.2) is 0 Å². The fraction of sp³-hybridized carbons (Fsp3) is 0.917. The molecular formula is C12H23ClN2O2. The number of nitrogens with one attached hydrogen (secondary N) is 1. The van der Waals surface area contributed by atoms with Crippen LogP contribution >= 0.6 is 12.4 Å². The van der Waals surface area contributed by atoms with E-state index in [1.54, 1.807) is 0 Å². The van der Waals surface area contributed by atoms with Crippen LogP contribution in [0.1, 0.15) is 32.6 Å². The highest BCUT2D eigenvalue weighted by atomic mass is 35.5. The van der Waals surface area contributed by atoms with E-state index in [0.29, 0.717) is 31.3 Å². The minimum atomic E-state index is -0.101. The molecule has 0 amide bonds. The zero-order valence-electron chi connectivity index (χ0n) is 10.6. The van der Waals surface area contributed by atoms with Gasteiger partial charge in [-0.2, -0.15) is 0 Å². The number of halogens is 1. The molecule has 1 N–H and O–H groups in total. The van der Waals surface area contributed by atoms with E-state index in [1.807, 2.05) is 14.0 Å². The predicted molar refractivity (Wildman–Crippen MR) is 69.5 cm³/mol. The van der Waals surface area contributed by atoms with E-state index in [0.717, 1.165) is 0 Å². The average Bonchev–Trinajstić information content (AvgIpc) is 2.58. The van der Waals surface area contributed by atoms with Crippen molar-refractivity contribution in [3.05, 3.63) is 0 Å². The summed E-state index contributed by atoms with van der Waals surface area (Å²) in [5.74, 6) is -0.101. The quantitative estimate of drug-likeness (QED) is 0.773. The summed E-state index contributed by atoms with van der Waals surface area (Å²) in [6.45, 7) is 2.75. The summed E-state index contributed by atoms with van der Waals surface area (Å²) in [6, 6.07) is 1.89. The van der Waals surface area contributed by atoms with Gasteiger partial charge in [0.2, 0.25) is 0 Å². The van der Waals surface area contributed by atoms with Crippen molar-refractivity contribution in [1.29, 1.82) is 0 Å². The van der Waals surface area contributed by atoms with Crippen LogP contribution in [0.2, 0.25) is 0 Å². The van der Waals surface area contributed by atoms with E-state index < -0.39 is 0 Å². The first-order valence-corrected chi connectivity index (χ1v) is 6.31. The molecular weight excluding hydrogens is 240 g/mol. The third-order valence-corrected chi connectivity index (χ3v) is 3.76. The molecule has 0 radical (unpaired) electrons. The Balaban J connectivity index is 0.00000144. The van der Waals surface area contributed by atoms with Crippen LogP contribution in [0.3, 0.4) is 0 Å². The van der Waals surface area contributed by atoms with Crippen molar-refractivity contribution in [3.63, 3.8) is 0 Å². The molecule has 2 aliphatic heterocycles. The van der Waals surface area contributed by atoms with E-state index in [1.165, 1.54) is 25.7 Å². The number of hydrogen-bond acceptors (Lipinski definition) is 4. The lowest BCUT2D eigenvalue weighted by molar-refractivity contribution is -0.144. The Kier molecular flexibility index (Phi) is 5.70. The second-order valence-electron chi connectivity index (χ2n) is 4.98. The smallest absolute Gasteiger partial charge is 0.320 e. The van der Waals surface area contributed by atoms with Crippen molar-refractivity contribution >= 4 is 18.4 Å². The van der Waals surface area contributed by atoms with Crippen LogP contribution in [0, 0.1) is 0 Å². The van der Waals surface area contributed by atoms with Gasteiger partial charge >= 0.3 is 5.97 Å². The lowest BCUT2D eigenvalue weighted by Crippen LogP contribution is -2.48. The van der Waals surface area contributed by atoms with Gasteiger partial charge in [0.1, 0.15) is 0 Å². The topological polar surface area (TPSA) is 41.6 Å².